The standard InChI is InChI=1S/C14H29NO2S/c1-5-11(6-2)14(15-3)12-8-7-9-13(10-12)18(4,16)17/h11-15H,5-10H2,1-4H3. The van der Waals surface area contributed by atoms with E-state index in [1.807, 2.05) is 7.05 Å². The highest BCUT2D eigenvalue weighted by atomic mass is 32.2. The van der Waals surface area contributed by atoms with Gasteiger partial charge in [0.05, 0.1) is 5.25 Å². The first-order chi connectivity index (χ1) is 8.43. The Labute approximate surface area is 113 Å². The Bertz CT molecular complexity index is 336. The molecule has 1 aliphatic rings. The minimum Gasteiger partial charge on any atom is -0.316 e. The van der Waals surface area contributed by atoms with E-state index in [4.69, 9.17) is 0 Å². The van der Waals surface area contributed by atoms with Gasteiger partial charge in [0.15, 0.2) is 0 Å². The zero-order valence-electron chi connectivity index (χ0n) is 12.3. The molecule has 0 aromatic heterocycles. The zero-order valence-corrected chi connectivity index (χ0v) is 13.1. The molecule has 0 bridgehead atoms. The van der Waals surface area contributed by atoms with Crippen LogP contribution in [0.1, 0.15) is 52.4 Å². The molecule has 1 saturated carbocycles. The molecular formula is C14H29NO2S. The summed E-state index contributed by atoms with van der Waals surface area (Å²) in [5, 5.41) is 3.34. The summed E-state index contributed by atoms with van der Waals surface area (Å²) in [4.78, 5) is 0. The SMILES string of the molecule is CCC(CC)C(NC)C1CCCC(S(C)(=O)=O)C1. The molecule has 1 N–H and O–H groups in total. The quantitative estimate of drug-likeness (QED) is 0.810. The third-order valence-corrected chi connectivity index (χ3v) is 6.31. The van der Waals surface area contributed by atoms with Gasteiger partial charge in [-0.25, -0.2) is 8.42 Å². The third kappa shape index (κ3) is 3.95. The lowest BCUT2D eigenvalue weighted by Crippen LogP contribution is -2.43. The molecule has 0 radical (unpaired) electrons. The van der Waals surface area contributed by atoms with E-state index in [0.717, 1.165) is 19.3 Å². The Morgan fingerprint density at radius 1 is 1.22 bits per heavy atom. The van der Waals surface area contributed by atoms with Gasteiger partial charge in [-0.2, -0.15) is 0 Å². The number of rotatable bonds is 6. The third-order valence-electron chi connectivity index (χ3n) is 4.67. The van der Waals surface area contributed by atoms with Gasteiger partial charge in [0.25, 0.3) is 0 Å². The molecule has 4 heteroatoms. The molecule has 1 fully saturated rings. The molecule has 1 aliphatic carbocycles. The smallest absolute Gasteiger partial charge is 0.150 e. The predicted molar refractivity (Wildman–Crippen MR) is 77.5 cm³/mol. The van der Waals surface area contributed by atoms with E-state index >= 15 is 0 Å². The second-order valence-electron chi connectivity index (χ2n) is 5.77. The fourth-order valence-corrected chi connectivity index (χ4v) is 4.74. The van der Waals surface area contributed by atoms with Crippen LogP contribution in [0.2, 0.25) is 0 Å². The molecule has 0 aliphatic heterocycles. The average Bonchev–Trinajstić information content (AvgIpc) is 2.35. The number of sulfone groups is 1. The summed E-state index contributed by atoms with van der Waals surface area (Å²) in [6, 6.07) is 0.476. The van der Waals surface area contributed by atoms with Crippen LogP contribution in [0.5, 0.6) is 0 Å². The van der Waals surface area contributed by atoms with Crippen molar-refractivity contribution >= 4 is 9.84 Å². The van der Waals surface area contributed by atoms with Gasteiger partial charge in [-0.3, -0.25) is 0 Å². The maximum Gasteiger partial charge on any atom is 0.150 e. The molecule has 3 atom stereocenters. The molecule has 0 saturated heterocycles. The monoisotopic (exact) mass is 275 g/mol. The van der Waals surface area contributed by atoms with Crippen LogP contribution in [0.4, 0.5) is 0 Å². The van der Waals surface area contributed by atoms with Gasteiger partial charge in [0.1, 0.15) is 9.84 Å². The van der Waals surface area contributed by atoms with Gasteiger partial charge in [-0.05, 0) is 38.1 Å². The lowest BCUT2D eigenvalue weighted by Gasteiger charge is -2.37. The molecule has 0 aromatic rings. The van der Waals surface area contributed by atoms with Crippen LogP contribution in [-0.4, -0.2) is 33.0 Å². The topological polar surface area (TPSA) is 46.2 Å². The van der Waals surface area contributed by atoms with Gasteiger partial charge >= 0.3 is 0 Å². The van der Waals surface area contributed by atoms with E-state index in [9.17, 15) is 8.42 Å². The van der Waals surface area contributed by atoms with Gasteiger partial charge in [-0.15, -0.1) is 0 Å². The summed E-state index contributed by atoms with van der Waals surface area (Å²) >= 11 is 0. The molecular weight excluding hydrogens is 246 g/mol. The van der Waals surface area contributed by atoms with Crippen molar-refractivity contribution < 1.29 is 8.42 Å². The normalized spacial score (nSPS) is 27.4. The molecule has 3 unspecified atom stereocenters. The largest absolute Gasteiger partial charge is 0.316 e. The van der Waals surface area contributed by atoms with E-state index in [0.29, 0.717) is 17.9 Å². The first-order valence-corrected chi connectivity index (χ1v) is 9.25. The second kappa shape index (κ2) is 6.90. The van der Waals surface area contributed by atoms with Crippen LogP contribution in [-0.2, 0) is 9.84 Å². The summed E-state index contributed by atoms with van der Waals surface area (Å²) in [6.45, 7) is 4.46. The van der Waals surface area contributed by atoms with Crippen LogP contribution in [0, 0.1) is 11.8 Å². The highest BCUT2D eigenvalue weighted by Gasteiger charge is 2.34. The summed E-state index contributed by atoms with van der Waals surface area (Å²) in [7, 11) is -0.847. The average molecular weight is 275 g/mol. The molecule has 0 aromatic carbocycles. The lowest BCUT2D eigenvalue weighted by atomic mass is 9.77. The maximum atomic E-state index is 11.7. The lowest BCUT2D eigenvalue weighted by molar-refractivity contribution is 0.208. The van der Waals surface area contributed by atoms with Crippen molar-refractivity contribution in [3.05, 3.63) is 0 Å². The van der Waals surface area contributed by atoms with E-state index in [2.05, 4.69) is 19.2 Å². The Hall–Kier alpha value is -0.0900. The van der Waals surface area contributed by atoms with Crippen molar-refractivity contribution in [3.8, 4) is 0 Å². The first-order valence-electron chi connectivity index (χ1n) is 7.30. The van der Waals surface area contributed by atoms with Crippen molar-refractivity contribution in [3.63, 3.8) is 0 Å². The van der Waals surface area contributed by atoms with Crippen LogP contribution >= 0.6 is 0 Å². The van der Waals surface area contributed by atoms with Crippen molar-refractivity contribution in [2.75, 3.05) is 13.3 Å². The van der Waals surface area contributed by atoms with Crippen LogP contribution in [0.15, 0.2) is 0 Å². The fraction of sp³-hybridized carbons (Fsp3) is 1.00. The fourth-order valence-electron chi connectivity index (χ4n) is 3.55. The van der Waals surface area contributed by atoms with Gasteiger partial charge in [0.2, 0.25) is 0 Å². The Morgan fingerprint density at radius 2 is 1.83 bits per heavy atom. The molecule has 18 heavy (non-hydrogen) atoms. The highest BCUT2D eigenvalue weighted by Crippen LogP contribution is 2.34. The summed E-state index contributed by atoms with van der Waals surface area (Å²) in [6.07, 6.45) is 7.67. The number of hydrogen-bond donors (Lipinski definition) is 1. The summed E-state index contributed by atoms with van der Waals surface area (Å²) < 4.78 is 23.5. The van der Waals surface area contributed by atoms with Crippen molar-refractivity contribution in [1.29, 1.82) is 0 Å². The highest BCUT2D eigenvalue weighted by molar-refractivity contribution is 7.91. The maximum absolute atomic E-state index is 11.7. The molecule has 3 nitrogen and oxygen atoms in total. The van der Waals surface area contributed by atoms with Crippen LogP contribution in [0.25, 0.3) is 0 Å². The van der Waals surface area contributed by atoms with Gasteiger partial charge in [-0.1, -0.05) is 33.1 Å². The van der Waals surface area contributed by atoms with Crippen LogP contribution < -0.4 is 5.32 Å². The van der Waals surface area contributed by atoms with Gasteiger partial charge < -0.3 is 5.32 Å². The van der Waals surface area contributed by atoms with E-state index in [-0.39, 0.29) is 5.25 Å². The van der Waals surface area contributed by atoms with E-state index in [1.165, 1.54) is 25.5 Å². The summed E-state index contributed by atoms with van der Waals surface area (Å²) in [5.41, 5.74) is 0. The van der Waals surface area contributed by atoms with Crippen LogP contribution in [0.3, 0.4) is 0 Å². The Balaban J connectivity index is 2.75. The zero-order chi connectivity index (χ0) is 13.8. The Morgan fingerprint density at radius 3 is 2.28 bits per heavy atom. The minimum atomic E-state index is -2.87. The summed E-state index contributed by atoms with van der Waals surface area (Å²) in [5.74, 6) is 1.19. The van der Waals surface area contributed by atoms with E-state index in [1.54, 1.807) is 0 Å². The Kier molecular flexibility index (Phi) is 6.12. The number of hydrogen-bond acceptors (Lipinski definition) is 3. The molecule has 0 spiro atoms. The van der Waals surface area contributed by atoms with Crippen molar-refractivity contribution in [2.45, 2.75) is 63.7 Å². The van der Waals surface area contributed by atoms with E-state index < -0.39 is 9.84 Å². The number of nitrogens with one attached hydrogen (secondary N) is 1. The predicted octanol–water partition coefficient (Wildman–Crippen LogP) is 2.61. The van der Waals surface area contributed by atoms with Crippen molar-refractivity contribution in [1.82, 2.24) is 5.32 Å². The van der Waals surface area contributed by atoms with Crippen molar-refractivity contribution in [2.24, 2.45) is 11.8 Å². The first kappa shape index (κ1) is 16.0. The molecule has 0 amide bonds. The minimum absolute atomic E-state index is 0.110. The second-order valence-corrected chi connectivity index (χ2v) is 8.09. The molecule has 108 valence electrons. The molecule has 0 heterocycles. The molecule has 1 rings (SSSR count). The van der Waals surface area contributed by atoms with Gasteiger partial charge in [0, 0.05) is 12.3 Å².